The Kier molecular flexibility index (Phi) is 6.48. The lowest BCUT2D eigenvalue weighted by atomic mass is 9.93. The lowest BCUT2D eigenvalue weighted by molar-refractivity contribution is -0.145. The number of esters is 1. The molecule has 0 fully saturated rings. The van der Waals surface area contributed by atoms with E-state index in [4.69, 9.17) is 26.9 Å². The van der Waals surface area contributed by atoms with Crippen LogP contribution in [0.5, 0.6) is 0 Å². The molecule has 14 heavy (non-hydrogen) atoms. The molecule has 0 aromatic carbocycles. The van der Waals surface area contributed by atoms with Crippen LogP contribution < -0.4 is 0 Å². The topological polar surface area (TPSA) is 87.0 Å². The first-order valence-electron chi connectivity index (χ1n) is 3.90. The van der Waals surface area contributed by atoms with Crippen LogP contribution >= 0.6 is 11.6 Å². The molecule has 0 bridgehead atoms. The molecule has 0 aromatic rings. The smallest absolute Gasteiger partial charge is 0.331 e. The van der Waals surface area contributed by atoms with Crippen molar-refractivity contribution in [2.75, 3.05) is 26.4 Å². The van der Waals surface area contributed by atoms with Crippen molar-refractivity contribution in [2.24, 2.45) is 5.41 Å². The van der Waals surface area contributed by atoms with Crippen molar-refractivity contribution in [3.8, 4) is 0 Å². The highest BCUT2D eigenvalue weighted by Gasteiger charge is 2.29. The van der Waals surface area contributed by atoms with Crippen molar-refractivity contribution in [2.45, 2.75) is 0 Å². The Bertz CT molecular complexity index is 192. The van der Waals surface area contributed by atoms with E-state index >= 15 is 0 Å². The minimum atomic E-state index is -1.20. The molecule has 3 N–H and O–H groups in total. The second-order valence-corrected chi connectivity index (χ2v) is 3.13. The number of carbonyl (C=O) groups is 1. The highest BCUT2D eigenvalue weighted by molar-refractivity contribution is 6.26. The van der Waals surface area contributed by atoms with Gasteiger partial charge in [0.05, 0.1) is 25.2 Å². The monoisotopic (exact) mass is 224 g/mol. The number of aliphatic hydroxyl groups is 3. The molecule has 0 saturated carbocycles. The molecular weight excluding hydrogens is 212 g/mol. The molecule has 0 radical (unpaired) electrons. The average Bonchev–Trinajstić information content (AvgIpc) is 2.21. The fraction of sp³-hybridized carbons (Fsp3) is 0.625. The largest absolute Gasteiger partial charge is 0.462 e. The van der Waals surface area contributed by atoms with Gasteiger partial charge in [0.15, 0.2) is 0 Å². The summed E-state index contributed by atoms with van der Waals surface area (Å²) in [4.78, 5) is 10.8. The van der Waals surface area contributed by atoms with E-state index in [0.717, 1.165) is 11.6 Å². The third-order valence-electron chi connectivity index (χ3n) is 1.73. The van der Waals surface area contributed by atoms with Crippen LogP contribution in [0.3, 0.4) is 0 Å². The third kappa shape index (κ3) is 4.06. The van der Waals surface area contributed by atoms with Crippen LogP contribution in [-0.2, 0) is 9.53 Å². The molecule has 0 spiro atoms. The average molecular weight is 225 g/mol. The first kappa shape index (κ1) is 13.4. The van der Waals surface area contributed by atoms with E-state index < -0.39 is 31.2 Å². The van der Waals surface area contributed by atoms with Gasteiger partial charge in [0.1, 0.15) is 6.61 Å². The Morgan fingerprint density at radius 3 is 2.14 bits per heavy atom. The van der Waals surface area contributed by atoms with Crippen LogP contribution in [0.4, 0.5) is 0 Å². The number of aliphatic hydroxyl groups excluding tert-OH is 3. The predicted octanol–water partition coefficient (Wildman–Crippen LogP) is -0.755. The number of hydrogen-bond donors (Lipinski definition) is 3. The van der Waals surface area contributed by atoms with E-state index in [1.54, 1.807) is 0 Å². The van der Waals surface area contributed by atoms with Gasteiger partial charge in [-0.05, 0) is 0 Å². The van der Waals surface area contributed by atoms with Gasteiger partial charge in [-0.1, -0.05) is 11.6 Å². The lowest BCUT2D eigenvalue weighted by Gasteiger charge is -2.26. The molecule has 82 valence electrons. The Morgan fingerprint density at radius 1 is 1.29 bits per heavy atom. The van der Waals surface area contributed by atoms with Gasteiger partial charge in [-0.25, -0.2) is 4.79 Å². The minimum absolute atomic E-state index is 0.267. The zero-order valence-corrected chi connectivity index (χ0v) is 8.28. The Labute approximate surface area is 86.6 Å². The lowest BCUT2D eigenvalue weighted by Crippen LogP contribution is -2.39. The quantitative estimate of drug-likeness (QED) is 0.408. The van der Waals surface area contributed by atoms with Crippen molar-refractivity contribution in [3.63, 3.8) is 0 Å². The van der Waals surface area contributed by atoms with Gasteiger partial charge in [-0.3, -0.25) is 0 Å². The van der Waals surface area contributed by atoms with Gasteiger partial charge in [0.25, 0.3) is 0 Å². The first-order chi connectivity index (χ1) is 6.64. The van der Waals surface area contributed by atoms with Gasteiger partial charge in [-0.15, -0.1) is 0 Å². The second kappa shape index (κ2) is 6.78. The number of halogens is 1. The van der Waals surface area contributed by atoms with E-state index in [1.165, 1.54) is 0 Å². The SMILES string of the molecule is O=C(C=CCl)OCC(CO)(CO)CO. The van der Waals surface area contributed by atoms with Gasteiger partial charge in [0, 0.05) is 11.6 Å². The summed E-state index contributed by atoms with van der Waals surface area (Å²) in [6.45, 7) is -1.69. The number of ether oxygens (including phenoxy) is 1. The maximum Gasteiger partial charge on any atom is 0.331 e. The molecule has 0 amide bonds. The van der Waals surface area contributed by atoms with E-state index in [2.05, 4.69) is 4.74 Å². The third-order valence-corrected chi connectivity index (χ3v) is 1.85. The molecule has 0 heterocycles. The molecule has 5 nitrogen and oxygen atoms in total. The van der Waals surface area contributed by atoms with Crippen LogP contribution in [0.25, 0.3) is 0 Å². The van der Waals surface area contributed by atoms with Crippen molar-refractivity contribution in [3.05, 3.63) is 11.6 Å². The number of hydrogen-bond acceptors (Lipinski definition) is 5. The standard InChI is InChI=1S/C8H13ClO5/c9-2-1-7(13)14-6-8(3-10,4-11)5-12/h1-2,10-12H,3-6H2. The van der Waals surface area contributed by atoms with Crippen molar-refractivity contribution >= 4 is 17.6 Å². The molecular formula is C8H13ClO5. The first-order valence-corrected chi connectivity index (χ1v) is 4.34. The molecule has 0 aromatic heterocycles. The molecule has 0 saturated heterocycles. The van der Waals surface area contributed by atoms with E-state index in [-0.39, 0.29) is 6.61 Å². The van der Waals surface area contributed by atoms with Crippen LogP contribution in [0, 0.1) is 5.41 Å². The van der Waals surface area contributed by atoms with E-state index in [0.29, 0.717) is 0 Å². The minimum Gasteiger partial charge on any atom is -0.462 e. The summed E-state index contributed by atoms with van der Waals surface area (Å²) >= 11 is 5.12. The summed E-state index contributed by atoms with van der Waals surface area (Å²) in [7, 11) is 0. The summed E-state index contributed by atoms with van der Waals surface area (Å²) in [6, 6.07) is 0. The molecule has 0 aliphatic heterocycles. The Balaban J connectivity index is 4.12. The second-order valence-electron chi connectivity index (χ2n) is 2.87. The van der Waals surface area contributed by atoms with Crippen molar-refractivity contribution in [1.29, 1.82) is 0 Å². The molecule has 0 rings (SSSR count). The summed E-state index contributed by atoms with van der Waals surface area (Å²) in [5.74, 6) is -0.695. The summed E-state index contributed by atoms with van der Waals surface area (Å²) < 4.78 is 4.63. The van der Waals surface area contributed by atoms with Gasteiger partial charge in [0.2, 0.25) is 0 Å². The van der Waals surface area contributed by atoms with E-state index in [9.17, 15) is 4.79 Å². The Hall–Kier alpha value is -0.620. The van der Waals surface area contributed by atoms with Gasteiger partial charge >= 0.3 is 5.97 Å². The van der Waals surface area contributed by atoms with Gasteiger partial charge < -0.3 is 20.1 Å². The molecule has 0 unspecified atom stereocenters. The number of carbonyl (C=O) groups excluding carboxylic acids is 1. The fourth-order valence-corrected chi connectivity index (χ4v) is 0.714. The summed E-state index contributed by atoms with van der Waals surface area (Å²) in [6.07, 6.45) is 0.985. The molecule has 0 aliphatic rings. The number of rotatable bonds is 6. The summed E-state index contributed by atoms with van der Waals surface area (Å²) in [5.41, 5.74) is -0.212. The maximum atomic E-state index is 10.8. The van der Waals surface area contributed by atoms with Crippen molar-refractivity contribution < 1.29 is 24.9 Å². The highest BCUT2D eigenvalue weighted by atomic mass is 35.5. The van der Waals surface area contributed by atoms with Crippen LogP contribution in [0.15, 0.2) is 11.6 Å². The van der Waals surface area contributed by atoms with Crippen LogP contribution in [-0.4, -0.2) is 47.7 Å². The predicted molar refractivity (Wildman–Crippen MR) is 49.6 cm³/mol. The van der Waals surface area contributed by atoms with Crippen LogP contribution in [0.1, 0.15) is 0 Å². The molecule has 6 heteroatoms. The summed E-state index contributed by atoms with van der Waals surface area (Å²) in [5, 5.41) is 26.6. The Morgan fingerprint density at radius 2 is 1.79 bits per heavy atom. The van der Waals surface area contributed by atoms with Crippen LogP contribution in [0.2, 0.25) is 0 Å². The zero-order valence-electron chi connectivity index (χ0n) is 7.52. The maximum absolute atomic E-state index is 10.8. The molecule has 0 atom stereocenters. The van der Waals surface area contributed by atoms with E-state index in [1.807, 2.05) is 0 Å². The normalized spacial score (nSPS) is 12.0. The molecule has 0 aliphatic carbocycles. The zero-order chi connectivity index (χ0) is 11.0. The van der Waals surface area contributed by atoms with Crippen molar-refractivity contribution in [1.82, 2.24) is 0 Å². The fourth-order valence-electron chi connectivity index (χ4n) is 0.611. The van der Waals surface area contributed by atoms with Gasteiger partial charge in [-0.2, -0.15) is 0 Å². The highest BCUT2D eigenvalue weighted by Crippen LogP contribution is 2.15.